The number of aromatic nitrogens is 1. The highest BCUT2D eigenvalue weighted by Crippen LogP contribution is 2.33. The van der Waals surface area contributed by atoms with Gasteiger partial charge in [0.05, 0.1) is 16.1 Å². The van der Waals surface area contributed by atoms with Crippen LogP contribution in [-0.4, -0.2) is 11.5 Å². The fraction of sp³-hybridized carbons (Fsp3) is 0.182. The maximum Gasteiger partial charge on any atom is 0.0801 e. The maximum absolute atomic E-state index is 6.14. The van der Waals surface area contributed by atoms with Crippen LogP contribution in [-0.2, 0) is 6.42 Å². The first kappa shape index (κ1) is 10.6. The van der Waals surface area contributed by atoms with Crippen molar-refractivity contribution in [1.29, 1.82) is 0 Å². The fourth-order valence-corrected chi connectivity index (χ4v) is 2.62. The Morgan fingerprint density at radius 2 is 2.13 bits per heavy atom. The highest BCUT2D eigenvalue weighted by molar-refractivity contribution is 7.13. The molecule has 0 atom stereocenters. The van der Waals surface area contributed by atoms with Crippen LogP contribution in [0.2, 0.25) is 5.02 Å². The van der Waals surface area contributed by atoms with Crippen molar-refractivity contribution < 1.29 is 0 Å². The van der Waals surface area contributed by atoms with Gasteiger partial charge in [0.25, 0.3) is 0 Å². The van der Waals surface area contributed by atoms with E-state index < -0.39 is 0 Å². The van der Waals surface area contributed by atoms with Gasteiger partial charge in [-0.3, -0.25) is 0 Å². The molecule has 2 aromatic rings. The van der Waals surface area contributed by atoms with Gasteiger partial charge in [-0.2, -0.15) is 0 Å². The van der Waals surface area contributed by atoms with Crippen LogP contribution >= 0.6 is 22.9 Å². The zero-order chi connectivity index (χ0) is 10.7. The van der Waals surface area contributed by atoms with Gasteiger partial charge < -0.3 is 5.73 Å². The molecule has 4 heteroatoms. The molecule has 1 aromatic heterocycles. The first-order valence-corrected chi connectivity index (χ1v) is 5.96. The van der Waals surface area contributed by atoms with Crippen LogP contribution in [0.15, 0.2) is 29.8 Å². The molecular formula is C11H11ClN2S. The molecular weight excluding hydrogens is 228 g/mol. The van der Waals surface area contributed by atoms with E-state index in [0.29, 0.717) is 6.54 Å². The van der Waals surface area contributed by atoms with Crippen molar-refractivity contribution in [3.8, 4) is 10.4 Å². The molecule has 15 heavy (non-hydrogen) atoms. The van der Waals surface area contributed by atoms with E-state index in [1.54, 1.807) is 11.3 Å². The smallest absolute Gasteiger partial charge is 0.0801 e. The Morgan fingerprint density at radius 1 is 1.33 bits per heavy atom. The molecule has 0 saturated carbocycles. The van der Waals surface area contributed by atoms with Crippen LogP contribution < -0.4 is 5.73 Å². The number of nitrogens with two attached hydrogens (primary N) is 1. The van der Waals surface area contributed by atoms with Crippen LogP contribution in [0.4, 0.5) is 0 Å². The van der Waals surface area contributed by atoms with Gasteiger partial charge in [-0.15, -0.1) is 11.3 Å². The van der Waals surface area contributed by atoms with E-state index in [1.165, 1.54) is 0 Å². The van der Waals surface area contributed by atoms with Gasteiger partial charge in [0.1, 0.15) is 0 Å². The summed E-state index contributed by atoms with van der Waals surface area (Å²) in [6.45, 7) is 0.612. The molecule has 1 aromatic carbocycles. The average molecular weight is 239 g/mol. The summed E-state index contributed by atoms with van der Waals surface area (Å²) in [6.07, 6.45) is 0.796. The predicted molar refractivity (Wildman–Crippen MR) is 65.3 cm³/mol. The highest BCUT2D eigenvalue weighted by atomic mass is 35.5. The molecule has 0 aliphatic carbocycles. The first-order valence-electron chi connectivity index (χ1n) is 4.70. The molecule has 2 rings (SSSR count). The summed E-state index contributed by atoms with van der Waals surface area (Å²) >= 11 is 7.74. The molecule has 0 aliphatic rings. The fourth-order valence-electron chi connectivity index (χ4n) is 1.45. The third-order valence-corrected chi connectivity index (χ3v) is 3.37. The number of hydrogen-bond donors (Lipinski definition) is 1. The van der Waals surface area contributed by atoms with Crippen LogP contribution in [0, 0.1) is 0 Å². The molecule has 0 saturated heterocycles. The predicted octanol–water partition coefficient (Wildman–Crippen LogP) is 2.96. The van der Waals surface area contributed by atoms with Crippen LogP contribution in [0.1, 0.15) is 5.69 Å². The van der Waals surface area contributed by atoms with Gasteiger partial charge in [0.2, 0.25) is 0 Å². The Bertz CT molecular complexity index is 453. The number of benzene rings is 1. The largest absolute Gasteiger partial charge is 0.330 e. The molecule has 2 N–H and O–H groups in total. The van der Waals surface area contributed by atoms with Crippen molar-refractivity contribution in [2.75, 3.05) is 6.54 Å². The van der Waals surface area contributed by atoms with Gasteiger partial charge in [-0.25, -0.2) is 4.98 Å². The summed E-state index contributed by atoms with van der Waals surface area (Å²) in [5.74, 6) is 0. The van der Waals surface area contributed by atoms with Crippen molar-refractivity contribution in [2.24, 2.45) is 5.73 Å². The van der Waals surface area contributed by atoms with Gasteiger partial charge in [0.15, 0.2) is 0 Å². The average Bonchev–Trinajstić information content (AvgIpc) is 2.67. The zero-order valence-corrected chi connectivity index (χ0v) is 9.68. The quantitative estimate of drug-likeness (QED) is 0.893. The minimum Gasteiger partial charge on any atom is -0.330 e. The standard InChI is InChI=1S/C11H11ClN2S/c12-9-4-2-1-3-8(9)11-10(5-6-13)14-7-15-11/h1-4,7H,5-6,13H2. The number of hydrogen-bond acceptors (Lipinski definition) is 3. The minimum absolute atomic E-state index is 0.612. The summed E-state index contributed by atoms with van der Waals surface area (Å²) in [6, 6.07) is 7.81. The Morgan fingerprint density at radius 3 is 2.87 bits per heavy atom. The van der Waals surface area contributed by atoms with Gasteiger partial charge in [0, 0.05) is 17.0 Å². The summed E-state index contributed by atoms with van der Waals surface area (Å²) in [5.41, 5.74) is 9.46. The lowest BCUT2D eigenvalue weighted by molar-refractivity contribution is 0.937. The molecule has 1 heterocycles. The van der Waals surface area contributed by atoms with Crippen molar-refractivity contribution in [2.45, 2.75) is 6.42 Å². The zero-order valence-electron chi connectivity index (χ0n) is 8.11. The first-order chi connectivity index (χ1) is 7.33. The lowest BCUT2D eigenvalue weighted by Crippen LogP contribution is -2.03. The number of thiazole rings is 1. The van der Waals surface area contributed by atoms with Crippen molar-refractivity contribution in [1.82, 2.24) is 4.98 Å². The lowest BCUT2D eigenvalue weighted by Gasteiger charge is -2.03. The normalized spacial score (nSPS) is 10.5. The second-order valence-electron chi connectivity index (χ2n) is 3.15. The molecule has 0 fully saturated rings. The molecule has 2 nitrogen and oxygen atoms in total. The third kappa shape index (κ3) is 2.20. The van der Waals surface area contributed by atoms with E-state index >= 15 is 0 Å². The Hall–Kier alpha value is -0.900. The summed E-state index contributed by atoms with van der Waals surface area (Å²) in [7, 11) is 0. The van der Waals surface area contributed by atoms with Crippen molar-refractivity contribution in [3.63, 3.8) is 0 Å². The summed E-state index contributed by atoms with van der Waals surface area (Å²) in [4.78, 5) is 5.43. The second kappa shape index (κ2) is 4.75. The molecule has 0 unspecified atom stereocenters. The van der Waals surface area contributed by atoms with E-state index in [-0.39, 0.29) is 0 Å². The molecule has 0 amide bonds. The van der Waals surface area contributed by atoms with E-state index in [0.717, 1.165) is 27.6 Å². The molecule has 78 valence electrons. The molecule has 0 radical (unpaired) electrons. The monoisotopic (exact) mass is 238 g/mol. The Kier molecular flexibility index (Phi) is 3.36. The highest BCUT2D eigenvalue weighted by Gasteiger charge is 2.10. The second-order valence-corrected chi connectivity index (χ2v) is 4.41. The SMILES string of the molecule is NCCc1ncsc1-c1ccccc1Cl. The number of rotatable bonds is 3. The molecule has 0 spiro atoms. The van der Waals surface area contributed by atoms with E-state index in [4.69, 9.17) is 17.3 Å². The van der Waals surface area contributed by atoms with Gasteiger partial charge in [-0.05, 0) is 12.6 Å². The Balaban J connectivity index is 2.45. The van der Waals surface area contributed by atoms with Crippen LogP contribution in [0.5, 0.6) is 0 Å². The topological polar surface area (TPSA) is 38.9 Å². The van der Waals surface area contributed by atoms with Gasteiger partial charge >= 0.3 is 0 Å². The molecule has 0 aliphatic heterocycles. The van der Waals surface area contributed by atoms with E-state index in [2.05, 4.69) is 4.98 Å². The van der Waals surface area contributed by atoms with Crippen molar-refractivity contribution in [3.05, 3.63) is 40.5 Å². The maximum atomic E-state index is 6.14. The number of nitrogens with zero attached hydrogens (tertiary/aromatic N) is 1. The Labute approximate surface area is 97.7 Å². The summed E-state index contributed by atoms with van der Waals surface area (Å²) < 4.78 is 0. The van der Waals surface area contributed by atoms with Gasteiger partial charge in [-0.1, -0.05) is 29.8 Å². The third-order valence-electron chi connectivity index (χ3n) is 2.14. The lowest BCUT2D eigenvalue weighted by atomic mass is 10.1. The van der Waals surface area contributed by atoms with E-state index in [9.17, 15) is 0 Å². The van der Waals surface area contributed by atoms with Crippen LogP contribution in [0.25, 0.3) is 10.4 Å². The molecule has 0 bridgehead atoms. The minimum atomic E-state index is 0.612. The van der Waals surface area contributed by atoms with E-state index in [1.807, 2.05) is 29.8 Å². The number of halogens is 1. The van der Waals surface area contributed by atoms with Crippen molar-refractivity contribution >= 4 is 22.9 Å². The van der Waals surface area contributed by atoms with Crippen LogP contribution in [0.3, 0.4) is 0 Å². The summed E-state index contributed by atoms with van der Waals surface area (Å²) in [5, 5.41) is 0.764.